The molecule has 0 unspecified atom stereocenters. The molecule has 0 aromatic carbocycles. The van der Waals surface area contributed by atoms with E-state index < -0.39 is 17.8 Å². The first-order valence-electron chi connectivity index (χ1n) is 6.02. The van der Waals surface area contributed by atoms with Gasteiger partial charge in [0, 0.05) is 18.0 Å². The summed E-state index contributed by atoms with van der Waals surface area (Å²) >= 11 is 0. The molecular weight excluding hydrogens is 248 g/mol. The lowest BCUT2D eigenvalue weighted by Crippen LogP contribution is -2.27. The predicted molar refractivity (Wildman–Crippen MR) is 70.5 cm³/mol. The third-order valence-corrected chi connectivity index (χ3v) is 2.11. The SMILES string of the molecule is CC(C)(C)OC(=O)Nc1ncc([C@H](O)CCN)cn1. The van der Waals surface area contributed by atoms with E-state index in [1.54, 1.807) is 20.8 Å². The fourth-order valence-electron chi connectivity index (χ4n) is 1.29. The van der Waals surface area contributed by atoms with Crippen LogP contribution in [0.15, 0.2) is 12.4 Å². The number of carbonyl (C=O) groups is 1. The van der Waals surface area contributed by atoms with Crippen molar-refractivity contribution < 1.29 is 14.6 Å². The Balaban J connectivity index is 2.59. The summed E-state index contributed by atoms with van der Waals surface area (Å²) in [5.41, 5.74) is 5.32. The lowest BCUT2D eigenvalue weighted by Gasteiger charge is -2.19. The minimum Gasteiger partial charge on any atom is -0.444 e. The van der Waals surface area contributed by atoms with E-state index in [0.717, 1.165) is 0 Å². The summed E-state index contributed by atoms with van der Waals surface area (Å²) in [5, 5.41) is 12.1. The number of aliphatic hydroxyl groups excluding tert-OH is 1. The standard InChI is InChI=1S/C12H20N4O3/c1-12(2,3)19-11(18)16-10-14-6-8(7-15-10)9(17)4-5-13/h6-7,9,17H,4-5,13H2,1-3H3,(H,14,15,16,18)/t9-/m1/s1. The maximum Gasteiger partial charge on any atom is 0.414 e. The van der Waals surface area contributed by atoms with Gasteiger partial charge in [0.05, 0.1) is 6.10 Å². The average molecular weight is 268 g/mol. The molecule has 1 atom stereocenters. The molecule has 106 valence electrons. The number of anilines is 1. The normalized spacial score (nSPS) is 12.9. The summed E-state index contributed by atoms with van der Waals surface area (Å²) in [6.45, 7) is 5.66. The van der Waals surface area contributed by atoms with E-state index in [4.69, 9.17) is 10.5 Å². The Morgan fingerprint density at radius 2 is 2.05 bits per heavy atom. The summed E-state index contributed by atoms with van der Waals surface area (Å²) < 4.78 is 5.06. The molecular formula is C12H20N4O3. The zero-order valence-corrected chi connectivity index (χ0v) is 11.4. The molecule has 7 heteroatoms. The van der Waals surface area contributed by atoms with Crippen molar-refractivity contribution in [2.75, 3.05) is 11.9 Å². The molecule has 0 saturated heterocycles. The van der Waals surface area contributed by atoms with Crippen LogP contribution in [0.4, 0.5) is 10.7 Å². The smallest absolute Gasteiger partial charge is 0.414 e. The van der Waals surface area contributed by atoms with Gasteiger partial charge in [0.1, 0.15) is 5.60 Å². The van der Waals surface area contributed by atoms with Crippen LogP contribution in [-0.4, -0.2) is 33.3 Å². The largest absolute Gasteiger partial charge is 0.444 e. The second kappa shape index (κ2) is 6.44. The molecule has 1 aromatic heterocycles. The van der Waals surface area contributed by atoms with Crippen molar-refractivity contribution in [3.63, 3.8) is 0 Å². The molecule has 0 aliphatic heterocycles. The van der Waals surface area contributed by atoms with Crippen molar-refractivity contribution >= 4 is 12.0 Å². The van der Waals surface area contributed by atoms with Crippen LogP contribution in [0, 0.1) is 0 Å². The van der Waals surface area contributed by atoms with Gasteiger partial charge in [0.25, 0.3) is 0 Å². The molecule has 0 radical (unpaired) electrons. The highest BCUT2D eigenvalue weighted by molar-refractivity contribution is 5.82. The van der Waals surface area contributed by atoms with E-state index in [2.05, 4.69) is 15.3 Å². The number of aromatic nitrogens is 2. The average Bonchev–Trinajstić information content (AvgIpc) is 2.27. The Bertz CT molecular complexity index is 414. The molecule has 1 amide bonds. The van der Waals surface area contributed by atoms with Crippen molar-refractivity contribution in [2.24, 2.45) is 5.73 Å². The van der Waals surface area contributed by atoms with Crippen molar-refractivity contribution in [3.8, 4) is 0 Å². The zero-order chi connectivity index (χ0) is 14.5. The van der Waals surface area contributed by atoms with Crippen molar-refractivity contribution in [1.82, 2.24) is 9.97 Å². The molecule has 1 aromatic rings. The Labute approximate surface area is 112 Å². The van der Waals surface area contributed by atoms with Crippen LogP contribution < -0.4 is 11.1 Å². The van der Waals surface area contributed by atoms with Gasteiger partial charge in [0.2, 0.25) is 5.95 Å². The number of carbonyl (C=O) groups excluding carboxylic acids is 1. The minimum absolute atomic E-state index is 0.123. The molecule has 0 bridgehead atoms. The number of hydrogen-bond acceptors (Lipinski definition) is 6. The molecule has 0 fully saturated rings. The molecule has 1 heterocycles. The van der Waals surface area contributed by atoms with Gasteiger partial charge >= 0.3 is 6.09 Å². The second-order valence-electron chi connectivity index (χ2n) is 5.06. The van der Waals surface area contributed by atoms with Crippen LogP contribution in [-0.2, 0) is 4.74 Å². The molecule has 0 aliphatic rings. The quantitative estimate of drug-likeness (QED) is 0.757. The molecule has 4 N–H and O–H groups in total. The number of aliphatic hydroxyl groups is 1. The summed E-state index contributed by atoms with van der Waals surface area (Å²) in [6, 6.07) is 0. The first kappa shape index (κ1) is 15.3. The number of ether oxygens (including phenoxy) is 1. The van der Waals surface area contributed by atoms with E-state index in [-0.39, 0.29) is 5.95 Å². The van der Waals surface area contributed by atoms with Crippen molar-refractivity contribution in [1.29, 1.82) is 0 Å². The highest BCUT2D eigenvalue weighted by Crippen LogP contribution is 2.14. The highest BCUT2D eigenvalue weighted by Gasteiger charge is 2.17. The maximum absolute atomic E-state index is 11.5. The first-order chi connectivity index (χ1) is 8.81. The van der Waals surface area contributed by atoms with Gasteiger partial charge < -0.3 is 15.6 Å². The summed E-state index contributed by atoms with van der Waals surface area (Å²) in [6.07, 6.45) is 2.01. The van der Waals surface area contributed by atoms with Crippen LogP contribution in [0.3, 0.4) is 0 Å². The lowest BCUT2D eigenvalue weighted by molar-refractivity contribution is 0.0634. The van der Waals surface area contributed by atoms with E-state index in [9.17, 15) is 9.90 Å². The second-order valence-corrected chi connectivity index (χ2v) is 5.06. The summed E-state index contributed by atoms with van der Waals surface area (Å²) in [7, 11) is 0. The number of nitrogens with zero attached hydrogens (tertiary/aromatic N) is 2. The molecule has 7 nitrogen and oxygen atoms in total. The lowest BCUT2D eigenvalue weighted by atomic mass is 10.1. The van der Waals surface area contributed by atoms with E-state index in [1.807, 2.05) is 0 Å². The van der Waals surface area contributed by atoms with Crippen molar-refractivity contribution in [3.05, 3.63) is 18.0 Å². The molecule has 1 rings (SSSR count). The monoisotopic (exact) mass is 268 g/mol. The minimum atomic E-state index is -0.694. The zero-order valence-electron chi connectivity index (χ0n) is 11.4. The third kappa shape index (κ3) is 5.62. The number of rotatable bonds is 4. The Morgan fingerprint density at radius 1 is 1.47 bits per heavy atom. The van der Waals surface area contributed by atoms with E-state index >= 15 is 0 Å². The van der Waals surface area contributed by atoms with Gasteiger partial charge in [-0.3, -0.25) is 5.32 Å². The number of amides is 1. The van der Waals surface area contributed by atoms with Crippen LogP contribution >= 0.6 is 0 Å². The van der Waals surface area contributed by atoms with E-state index in [0.29, 0.717) is 18.5 Å². The van der Waals surface area contributed by atoms with Crippen LogP contribution in [0.25, 0.3) is 0 Å². The van der Waals surface area contributed by atoms with Gasteiger partial charge in [-0.2, -0.15) is 0 Å². The fraction of sp³-hybridized carbons (Fsp3) is 0.583. The molecule has 0 spiro atoms. The van der Waals surface area contributed by atoms with E-state index in [1.165, 1.54) is 12.4 Å². The van der Waals surface area contributed by atoms with Crippen molar-refractivity contribution in [2.45, 2.75) is 38.9 Å². The maximum atomic E-state index is 11.5. The summed E-state index contributed by atoms with van der Waals surface area (Å²) in [5.74, 6) is 0.123. The summed E-state index contributed by atoms with van der Waals surface area (Å²) in [4.78, 5) is 19.3. The number of hydrogen-bond donors (Lipinski definition) is 3. The topological polar surface area (TPSA) is 110 Å². The number of nitrogens with one attached hydrogen (secondary N) is 1. The van der Waals surface area contributed by atoms with Crippen LogP contribution in [0.2, 0.25) is 0 Å². The first-order valence-corrected chi connectivity index (χ1v) is 6.02. The molecule has 19 heavy (non-hydrogen) atoms. The molecule has 0 saturated carbocycles. The number of nitrogens with two attached hydrogens (primary N) is 1. The molecule has 0 aliphatic carbocycles. The Hall–Kier alpha value is -1.73. The van der Waals surface area contributed by atoms with Crippen LogP contribution in [0.5, 0.6) is 0 Å². The van der Waals surface area contributed by atoms with Gasteiger partial charge in [-0.1, -0.05) is 0 Å². The van der Waals surface area contributed by atoms with Gasteiger partial charge in [-0.15, -0.1) is 0 Å². The Morgan fingerprint density at radius 3 is 2.53 bits per heavy atom. The van der Waals surface area contributed by atoms with Gasteiger partial charge in [0.15, 0.2) is 0 Å². The Kier molecular flexibility index (Phi) is 5.20. The van der Waals surface area contributed by atoms with Gasteiger partial charge in [-0.25, -0.2) is 14.8 Å². The predicted octanol–water partition coefficient (Wildman–Crippen LogP) is 1.21. The third-order valence-electron chi connectivity index (χ3n) is 2.11. The van der Waals surface area contributed by atoms with Crippen LogP contribution in [0.1, 0.15) is 38.9 Å². The highest BCUT2D eigenvalue weighted by atomic mass is 16.6. The van der Waals surface area contributed by atoms with Gasteiger partial charge in [-0.05, 0) is 33.7 Å². The fourth-order valence-corrected chi connectivity index (χ4v) is 1.29.